The maximum atomic E-state index is 12.1. The van der Waals surface area contributed by atoms with E-state index < -0.39 is 5.97 Å². The lowest BCUT2D eigenvalue weighted by atomic mass is 10.1. The van der Waals surface area contributed by atoms with E-state index in [1.165, 1.54) is 38.5 Å². The predicted octanol–water partition coefficient (Wildman–Crippen LogP) is 3.00. The number of carbonyl (C=O) groups excluding carboxylic acids is 1. The van der Waals surface area contributed by atoms with Crippen molar-refractivity contribution in [2.24, 2.45) is 0 Å². The number of anilines is 1. The van der Waals surface area contributed by atoms with Crippen molar-refractivity contribution in [3.05, 3.63) is 22.7 Å². The van der Waals surface area contributed by atoms with Crippen molar-refractivity contribution in [3.63, 3.8) is 0 Å². The number of rotatable bonds is 5. The summed E-state index contributed by atoms with van der Waals surface area (Å²) >= 11 is 5.95. The standard InChI is InChI=1S/C15H21ClN2O3.ClH/c1-20-14-10-13(17)12(16)9-11(14)15(19)21-8-7-18-5-3-2-4-6-18;/h9-10H,2-8,17H2,1H3;1H. The zero-order valence-electron chi connectivity index (χ0n) is 12.6. The second-order valence-corrected chi connectivity index (χ2v) is 5.52. The molecule has 0 radical (unpaired) electrons. The monoisotopic (exact) mass is 348 g/mol. The second kappa shape index (κ2) is 9.08. The number of nitrogen functional groups attached to an aromatic ring is 1. The number of likely N-dealkylation sites (tertiary alicyclic amines) is 1. The normalized spacial score (nSPS) is 15.0. The summed E-state index contributed by atoms with van der Waals surface area (Å²) in [5.74, 6) is -0.0642. The lowest BCUT2D eigenvalue weighted by molar-refractivity contribution is 0.0448. The third-order valence-corrected chi connectivity index (χ3v) is 3.96. The SMILES string of the molecule is COc1cc(N)c(Cl)cc1C(=O)OCCN1CCCCC1.Cl. The molecule has 0 spiro atoms. The fourth-order valence-corrected chi connectivity index (χ4v) is 2.59. The van der Waals surface area contributed by atoms with Crippen molar-refractivity contribution in [3.8, 4) is 5.75 Å². The molecule has 1 heterocycles. The number of carbonyl (C=O) groups is 1. The van der Waals surface area contributed by atoms with Gasteiger partial charge in [-0.05, 0) is 32.0 Å². The van der Waals surface area contributed by atoms with Crippen molar-refractivity contribution in [2.75, 3.05) is 39.1 Å². The Morgan fingerprint density at radius 3 is 2.64 bits per heavy atom. The van der Waals surface area contributed by atoms with Gasteiger partial charge in [0.15, 0.2) is 0 Å². The van der Waals surface area contributed by atoms with Crippen LogP contribution in [-0.4, -0.2) is 44.2 Å². The quantitative estimate of drug-likeness (QED) is 0.654. The molecule has 0 aliphatic carbocycles. The summed E-state index contributed by atoms with van der Waals surface area (Å²) in [6.07, 6.45) is 3.72. The summed E-state index contributed by atoms with van der Waals surface area (Å²) in [5.41, 5.74) is 6.37. The maximum absolute atomic E-state index is 12.1. The number of piperidine rings is 1. The van der Waals surface area contributed by atoms with Crippen LogP contribution in [0.2, 0.25) is 5.02 Å². The molecule has 0 amide bonds. The lowest BCUT2D eigenvalue weighted by Crippen LogP contribution is -2.33. The fraction of sp³-hybridized carbons (Fsp3) is 0.533. The van der Waals surface area contributed by atoms with E-state index in [0.29, 0.717) is 28.6 Å². The molecule has 22 heavy (non-hydrogen) atoms. The minimum Gasteiger partial charge on any atom is -0.496 e. The highest BCUT2D eigenvalue weighted by Gasteiger charge is 2.17. The van der Waals surface area contributed by atoms with Crippen LogP contribution in [0.25, 0.3) is 0 Å². The van der Waals surface area contributed by atoms with Gasteiger partial charge in [-0.15, -0.1) is 12.4 Å². The van der Waals surface area contributed by atoms with E-state index in [1.807, 2.05) is 0 Å². The van der Waals surface area contributed by atoms with Crippen LogP contribution in [0, 0.1) is 0 Å². The molecule has 1 fully saturated rings. The molecule has 0 bridgehead atoms. The Balaban J connectivity index is 0.00000242. The third-order valence-electron chi connectivity index (χ3n) is 3.63. The molecular weight excluding hydrogens is 327 g/mol. The Labute approximate surface area is 142 Å². The molecule has 1 aliphatic rings. The molecule has 7 heteroatoms. The Morgan fingerprint density at radius 2 is 2.00 bits per heavy atom. The molecular formula is C15H22Cl2N2O3. The molecule has 1 saturated heterocycles. The molecule has 124 valence electrons. The van der Waals surface area contributed by atoms with Crippen LogP contribution in [0.5, 0.6) is 5.75 Å². The molecule has 0 saturated carbocycles. The van der Waals surface area contributed by atoms with Gasteiger partial charge in [-0.25, -0.2) is 4.79 Å². The maximum Gasteiger partial charge on any atom is 0.342 e. The summed E-state index contributed by atoms with van der Waals surface area (Å²) in [5, 5.41) is 0.318. The highest BCUT2D eigenvalue weighted by Crippen LogP contribution is 2.29. The summed E-state index contributed by atoms with van der Waals surface area (Å²) in [7, 11) is 1.48. The van der Waals surface area contributed by atoms with E-state index in [9.17, 15) is 4.79 Å². The van der Waals surface area contributed by atoms with Gasteiger partial charge in [-0.2, -0.15) is 0 Å². The zero-order chi connectivity index (χ0) is 15.2. The molecule has 2 N–H and O–H groups in total. The van der Waals surface area contributed by atoms with Crippen LogP contribution in [0.1, 0.15) is 29.6 Å². The molecule has 0 unspecified atom stereocenters. The van der Waals surface area contributed by atoms with Crippen molar-refractivity contribution in [1.29, 1.82) is 0 Å². The van der Waals surface area contributed by atoms with Crippen LogP contribution in [0.4, 0.5) is 5.69 Å². The largest absolute Gasteiger partial charge is 0.496 e. The first-order chi connectivity index (χ1) is 10.1. The van der Waals surface area contributed by atoms with Crippen molar-refractivity contribution < 1.29 is 14.3 Å². The Kier molecular flexibility index (Phi) is 7.79. The number of benzene rings is 1. The smallest absolute Gasteiger partial charge is 0.342 e. The first-order valence-corrected chi connectivity index (χ1v) is 7.52. The average Bonchev–Trinajstić information content (AvgIpc) is 2.50. The van der Waals surface area contributed by atoms with E-state index in [4.69, 9.17) is 26.8 Å². The summed E-state index contributed by atoms with van der Waals surface area (Å²) in [4.78, 5) is 14.4. The van der Waals surface area contributed by atoms with Crippen LogP contribution in [0.15, 0.2) is 12.1 Å². The van der Waals surface area contributed by atoms with Crippen LogP contribution in [0.3, 0.4) is 0 Å². The first kappa shape index (κ1) is 18.9. The van der Waals surface area contributed by atoms with Gasteiger partial charge in [0.05, 0.1) is 17.8 Å². The van der Waals surface area contributed by atoms with Crippen molar-refractivity contribution >= 4 is 35.7 Å². The number of hydrogen-bond acceptors (Lipinski definition) is 5. The molecule has 1 aliphatic heterocycles. The predicted molar refractivity (Wildman–Crippen MR) is 90.2 cm³/mol. The van der Waals surface area contributed by atoms with Gasteiger partial charge in [0.25, 0.3) is 0 Å². The minimum atomic E-state index is -0.439. The third kappa shape index (κ3) is 4.93. The zero-order valence-corrected chi connectivity index (χ0v) is 14.2. The second-order valence-electron chi connectivity index (χ2n) is 5.11. The van der Waals surface area contributed by atoms with Gasteiger partial charge in [0.2, 0.25) is 0 Å². The fourth-order valence-electron chi connectivity index (χ4n) is 2.43. The Bertz CT molecular complexity index is 506. The number of methoxy groups -OCH3 is 1. The van der Waals surface area contributed by atoms with Crippen LogP contribution in [-0.2, 0) is 4.74 Å². The van der Waals surface area contributed by atoms with E-state index in [-0.39, 0.29) is 12.4 Å². The summed E-state index contributed by atoms with van der Waals surface area (Å²) in [6, 6.07) is 3.02. The van der Waals surface area contributed by atoms with Gasteiger partial charge in [0, 0.05) is 12.6 Å². The van der Waals surface area contributed by atoms with Crippen molar-refractivity contribution in [1.82, 2.24) is 4.90 Å². The number of hydrogen-bond donors (Lipinski definition) is 1. The van der Waals surface area contributed by atoms with Gasteiger partial charge in [-0.1, -0.05) is 18.0 Å². The Morgan fingerprint density at radius 1 is 1.32 bits per heavy atom. The van der Waals surface area contributed by atoms with E-state index in [1.54, 1.807) is 0 Å². The number of halogens is 2. The van der Waals surface area contributed by atoms with Crippen molar-refractivity contribution in [2.45, 2.75) is 19.3 Å². The van der Waals surface area contributed by atoms with E-state index >= 15 is 0 Å². The molecule has 0 aromatic heterocycles. The average molecular weight is 349 g/mol. The number of nitrogens with two attached hydrogens (primary N) is 1. The first-order valence-electron chi connectivity index (χ1n) is 7.14. The summed E-state index contributed by atoms with van der Waals surface area (Å²) < 4.78 is 10.5. The molecule has 1 aromatic rings. The molecule has 0 atom stereocenters. The van der Waals surface area contributed by atoms with Gasteiger partial charge in [-0.3, -0.25) is 4.90 Å². The van der Waals surface area contributed by atoms with Gasteiger partial charge < -0.3 is 15.2 Å². The van der Waals surface area contributed by atoms with Gasteiger partial charge in [0.1, 0.15) is 17.9 Å². The molecule has 1 aromatic carbocycles. The van der Waals surface area contributed by atoms with Gasteiger partial charge >= 0.3 is 5.97 Å². The molecule has 5 nitrogen and oxygen atoms in total. The Hall–Kier alpha value is -1.17. The lowest BCUT2D eigenvalue weighted by Gasteiger charge is -2.25. The minimum absolute atomic E-state index is 0. The number of esters is 1. The van der Waals surface area contributed by atoms with E-state index in [0.717, 1.165) is 19.6 Å². The van der Waals surface area contributed by atoms with Crippen LogP contribution < -0.4 is 10.5 Å². The summed E-state index contributed by atoms with van der Waals surface area (Å²) in [6.45, 7) is 3.28. The molecule has 2 rings (SSSR count). The van der Waals surface area contributed by atoms with E-state index in [2.05, 4.69) is 4.90 Å². The highest BCUT2D eigenvalue weighted by molar-refractivity contribution is 6.33. The number of ether oxygens (including phenoxy) is 2. The van der Waals surface area contributed by atoms with Crippen LogP contribution >= 0.6 is 24.0 Å². The number of nitrogens with zero attached hydrogens (tertiary/aromatic N) is 1. The topological polar surface area (TPSA) is 64.8 Å². The highest BCUT2D eigenvalue weighted by atomic mass is 35.5.